The second kappa shape index (κ2) is 11.5. The van der Waals surface area contributed by atoms with E-state index in [1.54, 1.807) is 18.3 Å². The number of methoxy groups -OCH3 is 1. The van der Waals surface area contributed by atoms with Crippen molar-refractivity contribution in [3.63, 3.8) is 0 Å². The largest absolute Gasteiger partial charge is 0.496 e. The number of halogens is 1. The summed E-state index contributed by atoms with van der Waals surface area (Å²) in [4.78, 5) is 12.5. The molecule has 3 rings (SSSR count). The second-order valence-electron chi connectivity index (χ2n) is 7.38. The van der Waals surface area contributed by atoms with Gasteiger partial charge in [0, 0.05) is 0 Å². The van der Waals surface area contributed by atoms with Crippen LogP contribution in [0.4, 0.5) is 0 Å². The molecule has 3 aromatic carbocycles. The number of aryl methyl sites for hydroxylation is 2. The van der Waals surface area contributed by atoms with Crippen molar-refractivity contribution < 1.29 is 19.0 Å². The molecule has 0 atom stereocenters. The Morgan fingerprint density at radius 1 is 1.06 bits per heavy atom. The summed E-state index contributed by atoms with van der Waals surface area (Å²) in [6.07, 6.45) is 1.55. The predicted molar refractivity (Wildman–Crippen MR) is 134 cm³/mol. The lowest BCUT2D eigenvalue weighted by molar-refractivity contribution is 0.0952. The van der Waals surface area contributed by atoms with Crippen molar-refractivity contribution in [2.24, 2.45) is 5.10 Å². The van der Waals surface area contributed by atoms with Crippen molar-refractivity contribution in [1.29, 1.82) is 0 Å². The van der Waals surface area contributed by atoms with Gasteiger partial charge >= 0.3 is 0 Å². The molecule has 0 aliphatic rings. The Morgan fingerprint density at radius 3 is 2.58 bits per heavy atom. The Morgan fingerprint density at radius 2 is 1.85 bits per heavy atom. The fraction of sp³-hybridized carbons (Fsp3) is 0.231. The lowest BCUT2D eigenvalue weighted by atomic mass is 10.1. The zero-order valence-corrected chi connectivity index (χ0v) is 20.7. The van der Waals surface area contributed by atoms with Crippen LogP contribution in [0.5, 0.6) is 17.2 Å². The average molecular weight is 511 g/mol. The maximum atomic E-state index is 12.5. The van der Waals surface area contributed by atoms with Crippen LogP contribution in [-0.4, -0.2) is 25.8 Å². The van der Waals surface area contributed by atoms with Crippen molar-refractivity contribution in [3.05, 3.63) is 86.9 Å². The van der Waals surface area contributed by atoms with Gasteiger partial charge < -0.3 is 14.2 Å². The average Bonchev–Trinajstić information content (AvgIpc) is 2.79. The minimum absolute atomic E-state index is 0.356. The van der Waals surface area contributed by atoms with Crippen LogP contribution in [0, 0.1) is 13.8 Å². The topological polar surface area (TPSA) is 69.2 Å². The number of ether oxygens (including phenoxy) is 3. The number of hydrazone groups is 1. The Hall–Kier alpha value is -3.32. The summed E-state index contributed by atoms with van der Waals surface area (Å²) < 4.78 is 17.9. The molecule has 0 spiro atoms. The van der Waals surface area contributed by atoms with E-state index in [1.807, 2.05) is 50.2 Å². The van der Waals surface area contributed by atoms with Gasteiger partial charge in [0.05, 0.1) is 30.0 Å². The molecule has 0 saturated carbocycles. The maximum Gasteiger partial charge on any atom is 0.275 e. The molecule has 33 heavy (non-hydrogen) atoms. The van der Waals surface area contributed by atoms with E-state index in [2.05, 4.69) is 39.4 Å². The number of hydrogen-bond acceptors (Lipinski definition) is 5. The second-order valence-corrected chi connectivity index (χ2v) is 8.24. The molecule has 0 heterocycles. The van der Waals surface area contributed by atoms with Gasteiger partial charge in [0.15, 0.2) is 11.5 Å². The van der Waals surface area contributed by atoms with Crippen molar-refractivity contribution >= 4 is 28.1 Å². The van der Waals surface area contributed by atoms with Gasteiger partial charge in [-0.3, -0.25) is 4.79 Å². The van der Waals surface area contributed by atoms with Gasteiger partial charge in [0.25, 0.3) is 5.91 Å². The smallest absolute Gasteiger partial charge is 0.275 e. The molecule has 0 unspecified atom stereocenters. The van der Waals surface area contributed by atoms with Crippen LogP contribution < -0.4 is 19.6 Å². The van der Waals surface area contributed by atoms with E-state index in [4.69, 9.17) is 14.2 Å². The molecule has 3 aromatic rings. The maximum absolute atomic E-state index is 12.5. The number of nitrogens with one attached hydrogen (secondary N) is 1. The third-order valence-electron chi connectivity index (χ3n) is 4.95. The monoisotopic (exact) mass is 510 g/mol. The summed E-state index contributed by atoms with van der Waals surface area (Å²) in [7, 11) is 1.53. The molecule has 1 N–H and O–H groups in total. The Balaban J connectivity index is 1.75. The lowest BCUT2D eigenvalue weighted by Crippen LogP contribution is -2.18. The first kappa shape index (κ1) is 24.3. The van der Waals surface area contributed by atoms with E-state index in [0.29, 0.717) is 36.0 Å². The predicted octanol–water partition coefficient (Wildman–Crippen LogP) is 5.82. The van der Waals surface area contributed by atoms with E-state index in [0.717, 1.165) is 26.7 Å². The molecule has 0 radical (unpaired) electrons. The zero-order valence-electron chi connectivity index (χ0n) is 19.1. The lowest BCUT2D eigenvalue weighted by Gasteiger charge is -2.15. The van der Waals surface area contributed by atoms with Crippen LogP contribution in [0.3, 0.4) is 0 Å². The fourth-order valence-corrected chi connectivity index (χ4v) is 3.77. The van der Waals surface area contributed by atoms with Gasteiger partial charge in [0.1, 0.15) is 12.4 Å². The van der Waals surface area contributed by atoms with Crippen molar-refractivity contribution in [2.45, 2.75) is 27.4 Å². The third-order valence-corrected chi connectivity index (χ3v) is 5.54. The van der Waals surface area contributed by atoms with E-state index in [-0.39, 0.29) is 5.91 Å². The summed E-state index contributed by atoms with van der Waals surface area (Å²) in [5.41, 5.74) is 6.97. The SMILES string of the molecule is CCOc1cc(/C=N\NC(=O)c2ccc(C)cc2OC)cc(Br)c1OCc1ccccc1C. The van der Waals surface area contributed by atoms with Gasteiger partial charge in [-0.25, -0.2) is 5.43 Å². The zero-order chi connectivity index (χ0) is 23.8. The van der Waals surface area contributed by atoms with Crippen LogP contribution in [0.1, 0.15) is 39.5 Å². The minimum Gasteiger partial charge on any atom is -0.496 e. The Labute approximate surface area is 202 Å². The normalized spacial score (nSPS) is 10.8. The number of hydrogen-bond donors (Lipinski definition) is 1. The molecule has 0 aliphatic heterocycles. The summed E-state index contributed by atoms with van der Waals surface area (Å²) in [6, 6.07) is 17.1. The highest BCUT2D eigenvalue weighted by Gasteiger charge is 2.14. The summed E-state index contributed by atoms with van der Waals surface area (Å²) in [6.45, 7) is 6.81. The van der Waals surface area contributed by atoms with Crippen LogP contribution >= 0.6 is 15.9 Å². The van der Waals surface area contributed by atoms with Gasteiger partial charge in [-0.1, -0.05) is 30.3 Å². The third kappa shape index (κ3) is 6.35. The summed E-state index contributed by atoms with van der Waals surface area (Å²) in [5.74, 6) is 1.35. The highest BCUT2D eigenvalue weighted by atomic mass is 79.9. The summed E-state index contributed by atoms with van der Waals surface area (Å²) >= 11 is 3.57. The van der Waals surface area contributed by atoms with E-state index >= 15 is 0 Å². The van der Waals surface area contributed by atoms with Crippen LogP contribution in [0.25, 0.3) is 0 Å². The highest BCUT2D eigenvalue weighted by Crippen LogP contribution is 2.37. The molecule has 0 fully saturated rings. The fourth-order valence-electron chi connectivity index (χ4n) is 3.20. The van der Waals surface area contributed by atoms with E-state index < -0.39 is 0 Å². The molecule has 6 nitrogen and oxygen atoms in total. The molecular formula is C26H27BrN2O4. The minimum atomic E-state index is -0.356. The van der Waals surface area contributed by atoms with Crippen LogP contribution in [-0.2, 0) is 6.61 Å². The molecule has 172 valence electrons. The van der Waals surface area contributed by atoms with Gasteiger partial charge in [-0.15, -0.1) is 0 Å². The van der Waals surface area contributed by atoms with Gasteiger partial charge in [-0.05, 0) is 83.2 Å². The summed E-state index contributed by atoms with van der Waals surface area (Å²) in [5, 5.41) is 4.10. The van der Waals surface area contributed by atoms with Crippen LogP contribution in [0.15, 0.2) is 64.2 Å². The number of carbonyl (C=O) groups excluding carboxylic acids is 1. The molecular weight excluding hydrogens is 484 g/mol. The molecule has 7 heteroatoms. The molecule has 0 saturated heterocycles. The quantitative estimate of drug-likeness (QED) is 0.291. The highest BCUT2D eigenvalue weighted by molar-refractivity contribution is 9.10. The first-order chi connectivity index (χ1) is 15.9. The van der Waals surface area contributed by atoms with Gasteiger partial charge in [-0.2, -0.15) is 5.10 Å². The first-order valence-electron chi connectivity index (χ1n) is 10.5. The van der Waals surface area contributed by atoms with Gasteiger partial charge in [0.2, 0.25) is 0 Å². The van der Waals surface area contributed by atoms with E-state index in [9.17, 15) is 4.79 Å². The molecule has 0 aromatic heterocycles. The molecule has 1 amide bonds. The van der Waals surface area contributed by atoms with Crippen LogP contribution in [0.2, 0.25) is 0 Å². The van der Waals surface area contributed by atoms with Crippen molar-refractivity contribution in [1.82, 2.24) is 5.43 Å². The number of amides is 1. The number of rotatable bonds is 9. The number of benzene rings is 3. The van der Waals surface area contributed by atoms with Crippen molar-refractivity contribution in [3.8, 4) is 17.2 Å². The van der Waals surface area contributed by atoms with Crippen molar-refractivity contribution in [2.75, 3.05) is 13.7 Å². The Bertz CT molecular complexity index is 1160. The number of nitrogens with zero attached hydrogens (tertiary/aromatic N) is 1. The standard InChI is InChI=1S/C26H27BrN2O4/c1-5-32-24-14-19(13-22(27)25(24)33-16-20-9-7-6-8-18(20)3)15-28-29-26(30)21-11-10-17(2)12-23(21)31-4/h6-15H,5,16H2,1-4H3,(H,29,30)/b28-15-. The first-order valence-corrected chi connectivity index (χ1v) is 11.3. The number of carbonyl (C=O) groups is 1. The van der Waals surface area contributed by atoms with E-state index in [1.165, 1.54) is 7.11 Å². The molecule has 0 bridgehead atoms. The molecule has 0 aliphatic carbocycles. The Kier molecular flexibility index (Phi) is 8.49.